The van der Waals surface area contributed by atoms with E-state index < -0.39 is 0 Å². The first-order valence-electron chi connectivity index (χ1n) is 7.88. The van der Waals surface area contributed by atoms with Gasteiger partial charge in [0.2, 0.25) is 0 Å². The van der Waals surface area contributed by atoms with E-state index in [1.807, 2.05) is 6.07 Å². The van der Waals surface area contributed by atoms with Crippen molar-refractivity contribution < 1.29 is 4.74 Å². The van der Waals surface area contributed by atoms with Crippen LogP contribution in [0.15, 0.2) is 24.3 Å². The van der Waals surface area contributed by atoms with E-state index in [1.54, 1.807) is 0 Å². The minimum Gasteiger partial charge on any atom is -0.493 e. The first-order chi connectivity index (χ1) is 9.75. The standard InChI is InChI=1S/C17H28N2O/c1-14(2)11-18-8-5-9-19-12-15-10-16-6-3-4-7-17(16)20-13-15/h3-4,6-7,14-15,18-19H,5,8-13H2,1-2H3. The number of benzene rings is 1. The van der Waals surface area contributed by atoms with Gasteiger partial charge in [-0.2, -0.15) is 0 Å². The van der Waals surface area contributed by atoms with Crippen LogP contribution in [0.3, 0.4) is 0 Å². The highest BCUT2D eigenvalue weighted by atomic mass is 16.5. The van der Waals surface area contributed by atoms with Crippen LogP contribution in [0.2, 0.25) is 0 Å². The SMILES string of the molecule is CC(C)CNCCCNCC1COc2ccccc2C1. The molecule has 1 aliphatic heterocycles. The summed E-state index contributed by atoms with van der Waals surface area (Å²) < 4.78 is 5.81. The quantitative estimate of drug-likeness (QED) is 0.716. The van der Waals surface area contributed by atoms with Crippen LogP contribution in [0.1, 0.15) is 25.8 Å². The molecule has 0 aromatic heterocycles. The minimum atomic E-state index is 0.605. The molecule has 1 atom stereocenters. The van der Waals surface area contributed by atoms with E-state index in [4.69, 9.17) is 4.74 Å². The number of nitrogens with one attached hydrogen (secondary N) is 2. The molecule has 1 heterocycles. The van der Waals surface area contributed by atoms with Gasteiger partial charge in [0.1, 0.15) is 5.75 Å². The Balaban J connectivity index is 1.55. The molecule has 1 aromatic carbocycles. The average Bonchev–Trinajstić information content (AvgIpc) is 2.46. The molecule has 1 aromatic rings. The second kappa shape index (κ2) is 8.28. The van der Waals surface area contributed by atoms with Gasteiger partial charge in [0, 0.05) is 12.5 Å². The predicted octanol–water partition coefficient (Wildman–Crippen LogP) is 2.46. The van der Waals surface area contributed by atoms with Crippen molar-refractivity contribution in [3.63, 3.8) is 0 Å². The van der Waals surface area contributed by atoms with Crippen LogP contribution in [-0.4, -0.2) is 32.8 Å². The first kappa shape index (κ1) is 15.3. The van der Waals surface area contributed by atoms with E-state index in [0.717, 1.165) is 50.9 Å². The van der Waals surface area contributed by atoms with Crippen LogP contribution in [0.4, 0.5) is 0 Å². The monoisotopic (exact) mass is 276 g/mol. The largest absolute Gasteiger partial charge is 0.493 e. The van der Waals surface area contributed by atoms with Gasteiger partial charge in [-0.05, 0) is 50.0 Å². The maximum absolute atomic E-state index is 5.81. The van der Waals surface area contributed by atoms with Crippen molar-refractivity contribution in [3.05, 3.63) is 29.8 Å². The number of hydrogen-bond donors (Lipinski definition) is 2. The first-order valence-corrected chi connectivity index (χ1v) is 7.88. The van der Waals surface area contributed by atoms with E-state index in [9.17, 15) is 0 Å². The Morgan fingerprint density at radius 3 is 2.85 bits per heavy atom. The van der Waals surface area contributed by atoms with Gasteiger partial charge in [-0.15, -0.1) is 0 Å². The average molecular weight is 276 g/mol. The number of para-hydroxylation sites is 1. The van der Waals surface area contributed by atoms with Gasteiger partial charge in [-0.3, -0.25) is 0 Å². The molecule has 0 spiro atoms. The summed E-state index contributed by atoms with van der Waals surface area (Å²) in [6, 6.07) is 8.39. The van der Waals surface area contributed by atoms with Gasteiger partial charge >= 0.3 is 0 Å². The fourth-order valence-corrected chi connectivity index (χ4v) is 2.56. The third-order valence-corrected chi connectivity index (χ3v) is 3.65. The van der Waals surface area contributed by atoms with Crippen molar-refractivity contribution in [3.8, 4) is 5.75 Å². The summed E-state index contributed by atoms with van der Waals surface area (Å²) in [5.74, 6) is 2.41. The summed E-state index contributed by atoms with van der Waals surface area (Å²) in [7, 11) is 0. The van der Waals surface area contributed by atoms with Gasteiger partial charge in [0.15, 0.2) is 0 Å². The molecular formula is C17H28N2O. The predicted molar refractivity (Wildman–Crippen MR) is 84.3 cm³/mol. The molecule has 0 amide bonds. The highest BCUT2D eigenvalue weighted by Gasteiger charge is 2.18. The Morgan fingerprint density at radius 2 is 2.00 bits per heavy atom. The van der Waals surface area contributed by atoms with Gasteiger partial charge in [0.05, 0.1) is 6.61 Å². The molecule has 0 bridgehead atoms. The summed E-state index contributed by atoms with van der Waals surface area (Å²) in [4.78, 5) is 0. The Kier molecular flexibility index (Phi) is 6.34. The summed E-state index contributed by atoms with van der Waals surface area (Å²) in [5.41, 5.74) is 1.35. The molecule has 2 rings (SSSR count). The molecule has 2 N–H and O–H groups in total. The summed E-state index contributed by atoms with van der Waals surface area (Å²) in [5, 5.41) is 7.03. The van der Waals surface area contributed by atoms with Crippen molar-refractivity contribution >= 4 is 0 Å². The lowest BCUT2D eigenvalue weighted by molar-refractivity contribution is 0.218. The van der Waals surface area contributed by atoms with Crippen LogP contribution in [-0.2, 0) is 6.42 Å². The molecule has 0 fully saturated rings. The van der Waals surface area contributed by atoms with Gasteiger partial charge in [-0.25, -0.2) is 0 Å². The molecule has 0 saturated carbocycles. The summed E-state index contributed by atoms with van der Waals surface area (Å²) >= 11 is 0. The lowest BCUT2D eigenvalue weighted by Crippen LogP contribution is -2.33. The lowest BCUT2D eigenvalue weighted by Gasteiger charge is -2.25. The van der Waals surface area contributed by atoms with Crippen LogP contribution in [0.5, 0.6) is 5.75 Å². The van der Waals surface area contributed by atoms with Gasteiger partial charge in [0.25, 0.3) is 0 Å². The third-order valence-electron chi connectivity index (χ3n) is 3.65. The molecule has 0 saturated heterocycles. The van der Waals surface area contributed by atoms with E-state index in [2.05, 4.69) is 42.7 Å². The van der Waals surface area contributed by atoms with Crippen molar-refractivity contribution in [2.75, 3.05) is 32.8 Å². The molecule has 20 heavy (non-hydrogen) atoms. The summed E-state index contributed by atoms with van der Waals surface area (Å²) in [6.07, 6.45) is 2.33. The minimum absolute atomic E-state index is 0.605. The molecule has 1 unspecified atom stereocenters. The van der Waals surface area contributed by atoms with Crippen molar-refractivity contribution in [1.82, 2.24) is 10.6 Å². The number of rotatable bonds is 8. The number of ether oxygens (including phenoxy) is 1. The Hall–Kier alpha value is -1.06. The molecule has 3 heteroatoms. The fraction of sp³-hybridized carbons (Fsp3) is 0.647. The molecule has 0 radical (unpaired) electrons. The smallest absolute Gasteiger partial charge is 0.122 e. The second-order valence-corrected chi connectivity index (χ2v) is 6.14. The van der Waals surface area contributed by atoms with E-state index in [1.165, 1.54) is 12.0 Å². The normalized spacial score (nSPS) is 17.9. The maximum Gasteiger partial charge on any atom is 0.122 e. The van der Waals surface area contributed by atoms with Crippen molar-refractivity contribution in [2.45, 2.75) is 26.7 Å². The Morgan fingerprint density at radius 1 is 1.20 bits per heavy atom. The Bertz CT molecular complexity index is 392. The number of fused-ring (bicyclic) bond motifs is 1. The zero-order valence-electron chi connectivity index (χ0n) is 12.8. The molecule has 112 valence electrons. The zero-order valence-corrected chi connectivity index (χ0v) is 12.8. The summed E-state index contributed by atoms with van der Waals surface area (Å²) in [6.45, 7) is 9.69. The molecular weight excluding hydrogens is 248 g/mol. The number of hydrogen-bond acceptors (Lipinski definition) is 3. The topological polar surface area (TPSA) is 33.3 Å². The van der Waals surface area contributed by atoms with Crippen LogP contribution >= 0.6 is 0 Å². The molecule has 3 nitrogen and oxygen atoms in total. The fourth-order valence-electron chi connectivity index (χ4n) is 2.56. The lowest BCUT2D eigenvalue weighted by atomic mass is 9.97. The molecule has 1 aliphatic rings. The van der Waals surface area contributed by atoms with Crippen molar-refractivity contribution in [1.29, 1.82) is 0 Å². The second-order valence-electron chi connectivity index (χ2n) is 6.14. The van der Waals surface area contributed by atoms with E-state index in [0.29, 0.717) is 5.92 Å². The van der Waals surface area contributed by atoms with Crippen LogP contribution in [0.25, 0.3) is 0 Å². The highest BCUT2D eigenvalue weighted by molar-refractivity contribution is 5.35. The highest BCUT2D eigenvalue weighted by Crippen LogP contribution is 2.26. The third kappa shape index (κ3) is 5.14. The maximum atomic E-state index is 5.81. The van der Waals surface area contributed by atoms with Crippen LogP contribution < -0.4 is 15.4 Å². The van der Waals surface area contributed by atoms with Crippen molar-refractivity contribution in [2.24, 2.45) is 11.8 Å². The van der Waals surface area contributed by atoms with Gasteiger partial charge < -0.3 is 15.4 Å². The van der Waals surface area contributed by atoms with Gasteiger partial charge in [-0.1, -0.05) is 32.0 Å². The van der Waals surface area contributed by atoms with E-state index >= 15 is 0 Å². The van der Waals surface area contributed by atoms with Crippen LogP contribution in [0, 0.1) is 11.8 Å². The zero-order chi connectivity index (χ0) is 14.2. The Labute approximate surface area is 123 Å². The van der Waals surface area contributed by atoms with E-state index in [-0.39, 0.29) is 0 Å². The molecule has 0 aliphatic carbocycles.